The maximum absolute atomic E-state index is 12.9. The van der Waals surface area contributed by atoms with Gasteiger partial charge >= 0.3 is 12.4 Å². The van der Waals surface area contributed by atoms with E-state index in [1.54, 1.807) is 19.1 Å². The minimum Gasteiger partial charge on any atom is -0.207 e. The van der Waals surface area contributed by atoms with Crippen LogP contribution >= 0.6 is 11.6 Å². The fraction of sp³-hybridized carbons (Fsp3) is 0.250. The summed E-state index contributed by atoms with van der Waals surface area (Å²) in [6.07, 6.45) is -10.3. The number of hydrogen-bond donors (Lipinski definition) is 1. The molecular weight excluding hydrogens is 420 g/mol. The molecule has 1 N–H and O–H groups in total. The van der Waals surface area contributed by atoms with Gasteiger partial charge in [-0.1, -0.05) is 23.7 Å². The SMILES string of the molecule is Cc1cccc(Cl)c1CNS(=O)(=O)c1cc(C(F)(F)F)cc(C(F)(F)F)c1. The molecule has 27 heavy (non-hydrogen) atoms. The summed E-state index contributed by atoms with van der Waals surface area (Å²) in [4.78, 5) is -1.14. The fourth-order valence-corrected chi connectivity index (χ4v) is 3.58. The van der Waals surface area contributed by atoms with Crippen LogP contribution in [0.2, 0.25) is 5.02 Å². The number of hydrogen-bond acceptors (Lipinski definition) is 2. The quantitative estimate of drug-likeness (QED) is 0.679. The molecule has 0 spiro atoms. The third-order valence-electron chi connectivity index (χ3n) is 3.66. The first kappa shape index (κ1) is 21.5. The zero-order valence-electron chi connectivity index (χ0n) is 13.5. The second kappa shape index (κ2) is 7.33. The molecule has 0 aliphatic heterocycles. The number of halogens is 7. The second-order valence-electron chi connectivity index (χ2n) is 5.60. The molecule has 0 bridgehead atoms. The zero-order valence-corrected chi connectivity index (χ0v) is 15.1. The normalized spacial score (nSPS) is 13.0. The fourth-order valence-electron chi connectivity index (χ4n) is 2.22. The number of sulfonamides is 1. The van der Waals surface area contributed by atoms with E-state index in [0.29, 0.717) is 11.1 Å². The van der Waals surface area contributed by atoms with Crippen molar-refractivity contribution in [1.82, 2.24) is 4.72 Å². The Bertz CT molecular complexity index is 902. The Morgan fingerprint density at radius 3 is 1.93 bits per heavy atom. The van der Waals surface area contributed by atoms with Gasteiger partial charge in [-0.05, 0) is 42.3 Å². The zero-order chi connectivity index (χ0) is 20.6. The van der Waals surface area contributed by atoms with Crippen LogP contribution in [0.15, 0.2) is 41.3 Å². The van der Waals surface area contributed by atoms with E-state index in [4.69, 9.17) is 11.6 Å². The predicted octanol–water partition coefficient (Wildman–Crippen LogP) is 5.16. The Balaban J connectivity index is 2.46. The largest absolute Gasteiger partial charge is 0.416 e. The summed E-state index contributed by atoms with van der Waals surface area (Å²) in [5.41, 5.74) is -2.48. The number of benzene rings is 2. The third kappa shape index (κ3) is 5.14. The van der Waals surface area contributed by atoms with Crippen LogP contribution in [-0.2, 0) is 28.9 Å². The van der Waals surface area contributed by atoms with Gasteiger partial charge in [0, 0.05) is 11.6 Å². The first-order valence-corrected chi connectivity index (χ1v) is 9.11. The van der Waals surface area contributed by atoms with E-state index in [-0.39, 0.29) is 23.2 Å². The summed E-state index contributed by atoms with van der Waals surface area (Å²) in [5.74, 6) is 0. The highest BCUT2D eigenvalue weighted by Gasteiger charge is 2.38. The van der Waals surface area contributed by atoms with Crippen LogP contribution in [0.3, 0.4) is 0 Å². The monoisotopic (exact) mass is 431 g/mol. The number of alkyl halides is 6. The van der Waals surface area contributed by atoms with E-state index in [1.165, 1.54) is 6.07 Å². The Labute approximate surface area is 156 Å². The smallest absolute Gasteiger partial charge is 0.207 e. The molecule has 0 aliphatic carbocycles. The highest BCUT2D eigenvalue weighted by Crippen LogP contribution is 2.37. The molecule has 2 aromatic carbocycles. The second-order valence-corrected chi connectivity index (χ2v) is 7.78. The number of aryl methyl sites for hydroxylation is 1. The Hall–Kier alpha value is -1.78. The van der Waals surface area contributed by atoms with Gasteiger partial charge in [0.25, 0.3) is 0 Å². The average molecular weight is 432 g/mol. The Kier molecular flexibility index (Phi) is 5.84. The van der Waals surface area contributed by atoms with Crippen molar-refractivity contribution in [2.24, 2.45) is 0 Å². The van der Waals surface area contributed by atoms with Gasteiger partial charge in [-0.3, -0.25) is 0 Å². The molecular formula is C16H12ClF6NO2S. The van der Waals surface area contributed by atoms with Gasteiger partial charge in [0.05, 0.1) is 16.0 Å². The van der Waals surface area contributed by atoms with Crippen molar-refractivity contribution in [3.8, 4) is 0 Å². The van der Waals surface area contributed by atoms with Crippen LogP contribution in [0.4, 0.5) is 26.3 Å². The molecule has 0 unspecified atom stereocenters. The van der Waals surface area contributed by atoms with E-state index < -0.39 is 44.9 Å². The molecule has 0 heterocycles. The molecule has 0 atom stereocenters. The number of rotatable bonds is 4. The average Bonchev–Trinajstić information content (AvgIpc) is 2.52. The molecule has 11 heteroatoms. The van der Waals surface area contributed by atoms with Crippen LogP contribution in [0, 0.1) is 6.92 Å². The lowest BCUT2D eigenvalue weighted by Gasteiger charge is -2.15. The van der Waals surface area contributed by atoms with E-state index in [0.717, 1.165) is 0 Å². The molecule has 2 rings (SSSR count). The van der Waals surface area contributed by atoms with Crippen molar-refractivity contribution in [3.63, 3.8) is 0 Å². The lowest BCUT2D eigenvalue weighted by atomic mass is 10.1. The minimum absolute atomic E-state index is 0.142. The molecule has 0 aliphatic rings. The molecule has 0 radical (unpaired) electrons. The van der Waals surface area contributed by atoms with Crippen LogP contribution in [0.5, 0.6) is 0 Å². The molecule has 0 amide bonds. The molecule has 2 aromatic rings. The Morgan fingerprint density at radius 1 is 0.963 bits per heavy atom. The standard InChI is InChI=1S/C16H12ClF6NO2S/c1-9-3-2-4-14(17)13(9)8-24-27(25,26)12-6-10(15(18,19)20)5-11(7-12)16(21,22)23/h2-7,24H,8H2,1H3. The first-order valence-electron chi connectivity index (χ1n) is 7.25. The summed E-state index contributed by atoms with van der Waals surface area (Å²) >= 11 is 5.94. The van der Waals surface area contributed by atoms with E-state index in [9.17, 15) is 34.8 Å². The molecule has 0 aromatic heterocycles. The highest BCUT2D eigenvalue weighted by molar-refractivity contribution is 7.89. The summed E-state index contributed by atoms with van der Waals surface area (Å²) in [5, 5.41) is 0.206. The van der Waals surface area contributed by atoms with Crippen molar-refractivity contribution in [2.75, 3.05) is 0 Å². The summed E-state index contributed by atoms with van der Waals surface area (Å²) in [6.45, 7) is 1.23. The van der Waals surface area contributed by atoms with Gasteiger partial charge in [-0.2, -0.15) is 26.3 Å². The molecule has 148 valence electrons. The van der Waals surface area contributed by atoms with Crippen molar-refractivity contribution in [2.45, 2.75) is 30.7 Å². The first-order chi connectivity index (χ1) is 12.2. The molecule has 0 saturated carbocycles. The predicted molar refractivity (Wildman–Crippen MR) is 86.7 cm³/mol. The van der Waals surface area contributed by atoms with E-state index >= 15 is 0 Å². The van der Waals surface area contributed by atoms with E-state index in [1.807, 2.05) is 4.72 Å². The van der Waals surface area contributed by atoms with Gasteiger partial charge in [-0.25, -0.2) is 13.1 Å². The summed E-state index contributed by atoms with van der Waals surface area (Å²) in [6, 6.07) is 4.87. The molecule has 0 fully saturated rings. The molecule has 3 nitrogen and oxygen atoms in total. The maximum atomic E-state index is 12.9. The highest BCUT2D eigenvalue weighted by atomic mass is 35.5. The maximum Gasteiger partial charge on any atom is 0.416 e. The summed E-state index contributed by atoms with van der Waals surface area (Å²) in [7, 11) is -4.67. The van der Waals surface area contributed by atoms with Crippen LogP contribution in [0.1, 0.15) is 22.3 Å². The van der Waals surface area contributed by atoms with Gasteiger partial charge < -0.3 is 0 Å². The van der Waals surface area contributed by atoms with E-state index in [2.05, 4.69) is 0 Å². The number of nitrogens with one attached hydrogen (secondary N) is 1. The Morgan fingerprint density at radius 2 is 1.48 bits per heavy atom. The van der Waals surface area contributed by atoms with Crippen LogP contribution < -0.4 is 4.72 Å². The van der Waals surface area contributed by atoms with Crippen molar-refractivity contribution >= 4 is 21.6 Å². The topological polar surface area (TPSA) is 46.2 Å². The van der Waals surface area contributed by atoms with Gasteiger partial charge in [0.2, 0.25) is 10.0 Å². The van der Waals surface area contributed by atoms with Crippen LogP contribution in [0.25, 0.3) is 0 Å². The van der Waals surface area contributed by atoms with Gasteiger partial charge in [-0.15, -0.1) is 0 Å². The lowest BCUT2D eigenvalue weighted by molar-refractivity contribution is -0.143. The third-order valence-corrected chi connectivity index (χ3v) is 5.40. The minimum atomic E-state index is -5.15. The van der Waals surface area contributed by atoms with Gasteiger partial charge in [0.1, 0.15) is 0 Å². The van der Waals surface area contributed by atoms with Crippen molar-refractivity contribution < 1.29 is 34.8 Å². The lowest BCUT2D eigenvalue weighted by Crippen LogP contribution is -2.25. The summed E-state index contributed by atoms with van der Waals surface area (Å²) < 4.78 is 104. The van der Waals surface area contributed by atoms with Crippen LogP contribution in [-0.4, -0.2) is 8.42 Å². The van der Waals surface area contributed by atoms with Crippen molar-refractivity contribution in [3.05, 3.63) is 63.7 Å². The van der Waals surface area contributed by atoms with Crippen molar-refractivity contribution in [1.29, 1.82) is 0 Å². The molecule has 0 saturated heterocycles. The van der Waals surface area contributed by atoms with Gasteiger partial charge in [0.15, 0.2) is 0 Å².